The van der Waals surface area contributed by atoms with Gasteiger partial charge >= 0.3 is 5.69 Å². The fraction of sp³-hybridized carbons (Fsp3) is 0.381. The molecule has 1 aromatic carbocycles. The molecule has 6 heteroatoms. The number of rotatable bonds is 4. The smallest absolute Gasteiger partial charge is 0.341 e. The molecule has 4 rings (SSSR count). The van der Waals surface area contributed by atoms with Gasteiger partial charge in [-0.15, -0.1) is 5.10 Å². The van der Waals surface area contributed by atoms with Gasteiger partial charge in [-0.05, 0) is 49.3 Å². The second-order valence-corrected chi connectivity index (χ2v) is 7.29. The van der Waals surface area contributed by atoms with Crippen molar-refractivity contribution in [2.45, 2.75) is 44.2 Å². The first-order valence-corrected chi connectivity index (χ1v) is 9.48. The van der Waals surface area contributed by atoms with E-state index < -0.39 is 0 Å². The van der Waals surface area contributed by atoms with Crippen LogP contribution in [0.4, 0.5) is 0 Å². The van der Waals surface area contributed by atoms with E-state index in [1.165, 1.54) is 14.6 Å². The summed E-state index contributed by atoms with van der Waals surface area (Å²) in [6.07, 6.45) is 5.81. The van der Waals surface area contributed by atoms with Crippen molar-refractivity contribution in [2.75, 3.05) is 7.05 Å². The third-order valence-corrected chi connectivity index (χ3v) is 5.68. The number of pyridine rings is 1. The minimum Gasteiger partial charge on any atom is -0.341 e. The van der Waals surface area contributed by atoms with Crippen molar-refractivity contribution in [1.29, 1.82) is 0 Å². The molecule has 140 valence electrons. The summed E-state index contributed by atoms with van der Waals surface area (Å²) in [6, 6.07) is 16.2. The number of hydrogen-bond donors (Lipinski definition) is 0. The van der Waals surface area contributed by atoms with E-state index in [2.05, 4.69) is 29.4 Å². The van der Waals surface area contributed by atoms with Crippen LogP contribution in [0.1, 0.15) is 37.2 Å². The molecule has 1 aliphatic rings. The summed E-state index contributed by atoms with van der Waals surface area (Å²) in [5.74, 6) is 0.510. The number of carbonyl (C=O) groups is 1. The molecule has 0 bridgehead atoms. The molecule has 0 saturated heterocycles. The Morgan fingerprint density at radius 1 is 1.07 bits per heavy atom. The van der Waals surface area contributed by atoms with Gasteiger partial charge in [0.1, 0.15) is 6.54 Å². The fourth-order valence-electron chi connectivity index (χ4n) is 4.04. The maximum atomic E-state index is 12.7. The molecule has 0 unspecified atom stereocenters. The standard InChI is InChI=1S/C21H24N4O2/c1-23(18-12-10-17(11-13-18)16-7-3-2-4-8-16)20(26)15-25-21(27)24-14-6-5-9-19(24)22-25/h2-9,14,17-18H,10-13,15H2,1H3. The van der Waals surface area contributed by atoms with Crippen molar-refractivity contribution in [3.63, 3.8) is 0 Å². The number of likely N-dealkylation sites (N-methyl/N-ethyl adjacent to an activating group) is 1. The maximum Gasteiger partial charge on any atom is 0.350 e. The van der Waals surface area contributed by atoms with Crippen LogP contribution in [-0.2, 0) is 11.3 Å². The molecule has 1 amide bonds. The van der Waals surface area contributed by atoms with Crippen LogP contribution in [0.2, 0.25) is 0 Å². The summed E-state index contributed by atoms with van der Waals surface area (Å²) in [6.45, 7) is -0.0182. The zero-order valence-electron chi connectivity index (χ0n) is 15.5. The molecule has 27 heavy (non-hydrogen) atoms. The molecule has 1 saturated carbocycles. The number of amides is 1. The van der Waals surface area contributed by atoms with Gasteiger partial charge in [0.25, 0.3) is 0 Å². The van der Waals surface area contributed by atoms with E-state index in [1.54, 1.807) is 23.2 Å². The molecule has 6 nitrogen and oxygen atoms in total. The summed E-state index contributed by atoms with van der Waals surface area (Å²) in [4.78, 5) is 26.9. The van der Waals surface area contributed by atoms with Crippen molar-refractivity contribution < 1.29 is 4.79 Å². The first-order valence-electron chi connectivity index (χ1n) is 9.48. The largest absolute Gasteiger partial charge is 0.350 e. The molecule has 1 fully saturated rings. The lowest BCUT2D eigenvalue weighted by atomic mass is 9.81. The molecule has 1 aliphatic carbocycles. The number of aromatic nitrogens is 3. The van der Waals surface area contributed by atoms with Gasteiger partial charge in [0.05, 0.1) is 0 Å². The third-order valence-electron chi connectivity index (χ3n) is 5.68. The van der Waals surface area contributed by atoms with Crippen molar-refractivity contribution in [1.82, 2.24) is 19.1 Å². The zero-order chi connectivity index (χ0) is 18.8. The Hall–Kier alpha value is -2.89. The average Bonchev–Trinajstić information content (AvgIpc) is 3.04. The molecule has 0 N–H and O–H groups in total. The lowest BCUT2D eigenvalue weighted by Gasteiger charge is -2.34. The normalized spacial score (nSPS) is 19.9. The highest BCUT2D eigenvalue weighted by molar-refractivity contribution is 5.76. The van der Waals surface area contributed by atoms with Gasteiger partial charge in [0, 0.05) is 19.3 Å². The van der Waals surface area contributed by atoms with Crippen LogP contribution >= 0.6 is 0 Å². The predicted molar refractivity (Wildman–Crippen MR) is 104 cm³/mol. The molecule has 0 atom stereocenters. The monoisotopic (exact) mass is 364 g/mol. The van der Waals surface area contributed by atoms with Crippen LogP contribution in [-0.4, -0.2) is 38.1 Å². The lowest BCUT2D eigenvalue weighted by molar-refractivity contribution is -0.133. The molecule has 0 aliphatic heterocycles. The van der Waals surface area contributed by atoms with Gasteiger partial charge in [0.15, 0.2) is 5.65 Å². The Bertz CT molecular complexity index is 984. The number of benzene rings is 1. The number of carbonyl (C=O) groups excluding carboxylic acids is 1. The molecule has 0 spiro atoms. The minimum absolute atomic E-state index is 0.0182. The number of nitrogens with zero attached hydrogens (tertiary/aromatic N) is 4. The van der Waals surface area contributed by atoms with Gasteiger partial charge in [-0.25, -0.2) is 9.48 Å². The Morgan fingerprint density at radius 2 is 1.78 bits per heavy atom. The molecule has 0 radical (unpaired) electrons. The van der Waals surface area contributed by atoms with Crippen LogP contribution in [0.5, 0.6) is 0 Å². The molecule has 2 heterocycles. The number of hydrogen-bond acceptors (Lipinski definition) is 3. The van der Waals surface area contributed by atoms with Crippen LogP contribution in [0.25, 0.3) is 5.65 Å². The van der Waals surface area contributed by atoms with E-state index in [9.17, 15) is 9.59 Å². The van der Waals surface area contributed by atoms with E-state index in [0.717, 1.165) is 25.7 Å². The fourth-order valence-corrected chi connectivity index (χ4v) is 4.04. The van der Waals surface area contributed by atoms with Crippen molar-refractivity contribution in [3.05, 3.63) is 70.8 Å². The maximum absolute atomic E-state index is 12.7. The summed E-state index contributed by atoms with van der Waals surface area (Å²) in [7, 11) is 1.84. The summed E-state index contributed by atoms with van der Waals surface area (Å²) < 4.78 is 2.71. The van der Waals surface area contributed by atoms with Crippen molar-refractivity contribution in [2.24, 2.45) is 0 Å². The van der Waals surface area contributed by atoms with Gasteiger partial charge in [-0.2, -0.15) is 0 Å². The lowest BCUT2D eigenvalue weighted by Crippen LogP contribution is -2.42. The van der Waals surface area contributed by atoms with Crippen molar-refractivity contribution in [3.8, 4) is 0 Å². The highest BCUT2D eigenvalue weighted by Crippen LogP contribution is 2.34. The van der Waals surface area contributed by atoms with E-state index in [-0.39, 0.29) is 24.2 Å². The Balaban J connectivity index is 1.39. The van der Waals surface area contributed by atoms with Crippen LogP contribution < -0.4 is 5.69 Å². The summed E-state index contributed by atoms with van der Waals surface area (Å²) in [5.41, 5.74) is 1.67. The van der Waals surface area contributed by atoms with E-state index in [0.29, 0.717) is 11.6 Å². The van der Waals surface area contributed by atoms with Crippen molar-refractivity contribution >= 4 is 11.6 Å². The first kappa shape index (κ1) is 17.5. The minimum atomic E-state index is -0.278. The second kappa shape index (κ2) is 7.39. The first-order chi connectivity index (χ1) is 13.1. The summed E-state index contributed by atoms with van der Waals surface area (Å²) >= 11 is 0. The molecule has 3 aromatic rings. The SMILES string of the molecule is CN(C(=O)Cn1nc2ccccn2c1=O)C1CCC(c2ccccc2)CC1. The van der Waals surface area contributed by atoms with E-state index in [4.69, 9.17) is 0 Å². The Labute approximate surface area is 158 Å². The highest BCUT2D eigenvalue weighted by Gasteiger charge is 2.27. The topological polar surface area (TPSA) is 59.6 Å². The molecule has 2 aromatic heterocycles. The van der Waals surface area contributed by atoms with Gasteiger partial charge in [-0.3, -0.25) is 9.20 Å². The van der Waals surface area contributed by atoms with Gasteiger partial charge < -0.3 is 4.90 Å². The number of fused-ring (bicyclic) bond motifs is 1. The summed E-state index contributed by atoms with van der Waals surface area (Å²) in [5, 5.41) is 4.25. The van der Waals surface area contributed by atoms with Gasteiger partial charge in [0.2, 0.25) is 5.91 Å². The van der Waals surface area contributed by atoms with Gasteiger partial charge in [-0.1, -0.05) is 36.4 Å². The van der Waals surface area contributed by atoms with Crippen LogP contribution in [0.3, 0.4) is 0 Å². The predicted octanol–water partition coefficient (Wildman–Crippen LogP) is 2.68. The van der Waals surface area contributed by atoms with Crippen LogP contribution in [0, 0.1) is 0 Å². The van der Waals surface area contributed by atoms with E-state index >= 15 is 0 Å². The molecular weight excluding hydrogens is 340 g/mol. The Kier molecular flexibility index (Phi) is 4.79. The quantitative estimate of drug-likeness (QED) is 0.715. The average molecular weight is 364 g/mol. The zero-order valence-corrected chi connectivity index (χ0v) is 15.5. The third kappa shape index (κ3) is 3.52. The van der Waals surface area contributed by atoms with E-state index in [1.807, 2.05) is 19.2 Å². The second-order valence-electron chi connectivity index (χ2n) is 7.29. The Morgan fingerprint density at radius 3 is 2.48 bits per heavy atom. The molecular formula is C21H24N4O2. The van der Waals surface area contributed by atoms with Crippen LogP contribution in [0.15, 0.2) is 59.5 Å². The highest BCUT2D eigenvalue weighted by atomic mass is 16.2.